The van der Waals surface area contributed by atoms with E-state index < -0.39 is 10.0 Å². The molecule has 1 aromatic heterocycles. The standard InChI is InChI=1S/C10H18N4O2S.ClH/c1-7-10(8(2)13(3)12-7)17(15,16)14(4)9-5-11-6-9;/h9,11H,5-6H2,1-4H3;1H. The van der Waals surface area contributed by atoms with Gasteiger partial charge in [0.25, 0.3) is 0 Å². The Morgan fingerprint density at radius 1 is 1.39 bits per heavy atom. The second-order valence-electron chi connectivity index (χ2n) is 4.46. The van der Waals surface area contributed by atoms with Gasteiger partial charge < -0.3 is 5.32 Å². The highest BCUT2D eigenvalue weighted by Crippen LogP contribution is 2.24. The molecule has 0 unspecified atom stereocenters. The lowest BCUT2D eigenvalue weighted by atomic mass is 10.2. The molecule has 1 saturated heterocycles. The van der Waals surface area contributed by atoms with Crippen LogP contribution in [0.1, 0.15) is 11.4 Å². The Morgan fingerprint density at radius 3 is 2.28 bits per heavy atom. The van der Waals surface area contributed by atoms with Gasteiger partial charge in [-0.2, -0.15) is 9.40 Å². The van der Waals surface area contributed by atoms with Gasteiger partial charge in [0.2, 0.25) is 10.0 Å². The van der Waals surface area contributed by atoms with Crippen LogP contribution in [0.25, 0.3) is 0 Å². The normalized spacial score (nSPS) is 16.5. The molecule has 1 aromatic rings. The third-order valence-electron chi connectivity index (χ3n) is 3.35. The number of hydrogen-bond acceptors (Lipinski definition) is 4. The maximum Gasteiger partial charge on any atom is 0.246 e. The van der Waals surface area contributed by atoms with Gasteiger partial charge in [0, 0.05) is 33.2 Å². The molecule has 6 nitrogen and oxygen atoms in total. The molecular formula is C10H19ClN4O2S. The Hall–Kier alpha value is -0.630. The van der Waals surface area contributed by atoms with E-state index in [9.17, 15) is 8.42 Å². The van der Waals surface area contributed by atoms with E-state index in [0.29, 0.717) is 29.4 Å². The van der Waals surface area contributed by atoms with E-state index in [2.05, 4.69) is 10.4 Å². The van der Waals surface area contributed by atoms with E-state index in [4.69, 9.17) is 0 Å². The summed E-state index contributed by atoms with van der Waals surface area (Å²) in [6.45, 7) is 4.94. The van der Waals surface area contributed by atoms with E-state index in [0.717, 1.165) is 0 Å². The fourth-order valence-corrected chi connectivity index (χ4v) is 3.75. The molecule has 0 amide bonds. The van der Waals surface area contributed by atoms with Crippen LogP contribution < -0.4 is 5.32 Å². The molecular weight excluding hydrogens is 276 g/mol. The van der Waals surface area contributed by atoms with E-state index >= 15 is 0 Å². The Balaban J connectivity index is 0.00000162. The van der Waals surface area contributed by atoms with Crippen LogP contribution in [0.3, 0.4) is 0 Å². The van der Waals surface area contributed by atoms with Gasteiger partial charge in [-0.15, -0.1) is 12.4 Å². The van der Waals surface area contributed by atoms with Crippen molar-refractivity contribution < 1.29 is 8.42 Å². The number of likely N-dealkylation sites (N-methyl/N-ethyl adjacent to an activating group) is 1. The van der Waals surface area contributed by atoms with Crippen LogP contribution in [0.4, 0.5) is 0 Å². The summed E-state index contributed by atoms with van der Waals surface area (Å²) < 4.78 is 28.0. The van der Waals surface area contributed by atoms with Crippen LogP contribution in [0, 0.1) is 13.8 Å². The summed E-state index contributed by atoms with van der Waals surface area (Å²) in [7, 11) is -0.0417. The number of aromatic nitrogens is 2. The second kappa shape index (κ2) is 5.16. The van der Waals surface area contributed by atoms with E-state index in [-0.39, 0.29) is 18.4 Å². The topological polar surface area (TPSA) is 67.2 Å². The molecule has 1 aliphatic heterocycles. The van der Waals surface area contributed by atoms with Crippen molar-refractivity contribution in [2.75, 3.05) is 20.1 Å². The largest absolute Gasteiger partial charge is 0.313 e. The molecule has 1 aliphatic rings. The van der Waals surface area contributed by atoms with Crippen LogP contribution in [0.5, 0.6) is 0 Å². The van der Waals surface area contributed by atoms with Crippen LogP contribution >= 0.6 is 12.4 Å². The molecule has 18 heavy (non-hydrogen) atoms. The number of rotatable bonds is 3. The Labute approximate surface area is 114 Å². The molecule has 0 saturated carbocycles. The summed E-state index contributed by atoms with van der Waals surface area (Å²) in [5, 5.41) is 7.23. The average Bonchev–Trinajstić information content (AvgIpc) is 2.38. The number of nitrogens with zero attached hydrogens (tertiary/aromatic N) is 3. The first-order valence-electron chi connectivity index (χ1n) is 5.54. The lowest BCUT2D eigenvalue weighted by Crippen LogP contribution is -2.57. The third-order valence-corrected chi connectivity index (χ3v) is 5.52. The predicted molar refractivity (Wildman–Crippen MR) is 71.5 cm³/mol. The number of halogens is 1. The van der Waals surface area contributed by atoms with Crippen molar-refractivity contribution in [2.24, 2.45) is 7.05 Å². The fraction of sp³-hybridized carbons (Fsp3) is 0.700. The molecule has 2 rings (SSSR count). The Morgan fingerprint density at radius 2 is 1.94 bits per heavy atom. The molecule has 0 bridgehead atoms. The van der Waals surface area contributed by atoms with Crippen LogP contribution in [0.2, 0.25) is 0 Å². The third kappa shape index (κ3) is 2.27. The first kappa shape index (κ1) is 15.4. The molecule has 1 fully saturated rings. The first-order valence-corrected chi connectivity index (χ1v) is 6.98. The lowest BCUT2D eigenvalue weighted by Gasteiger charge is -2.34. The smallest absolute Gasteiger partial charge is 0.246 e. The number of hydrogen-bond donors (Lipinski definition) is 1. The minimum atomic E-state index is -3.43. The predicted octanol–water partition coefficient (Wildman–Crippen LogP) is 0.0510. The van der Waals surface area contributed by atoms with Gasteiger partial charge in [-0.3, -0.25) is 4.68 Å². The van der Waals surface area contributed by atoms with Crippen molar-refractivity contribution in [1.29, 1.82) is 0 Å². The number of aryl methyl sites for hydroxylation is 2. The van der Waals surface area contributed by atoms with Gasteiger partial charge in [0.15, 0.2) is 0 Å². The summed E-state index contributed by atoms with van der Waals surface area (Å²) in [5.41, 5.74) is 1.24. The molecule has 0 aromatic carbocycles. The van der Waals surface area contributed by atoms with E-state index in [1.807, 2.05) is 0 Å². The number of sulfonamides is 1. The van der Waals surface area contributed by atoms with Crippen LogP contribution in [0.15, 0.2) is 4.90 Å². The highest BCUT2D eigenvalue weighted by atomic mass is 35.5. The van der Waals surface area contributed by atoms with Crippen molar-refractivity contribution in [2.45, 2.75) is 24.8 Å². The monoisotopic (exact) mass is 294 g/mol. The fourth-order valence-electron chi connectivity index (χ4n) is 2.00. The molecule has 8 heteroatoms. The zero-order chi connectivity index (χ0) is 12.8. The van der Waals surface area contributed by atoms with Gasteiger partial charge in [-0.1, -0.05) is 0 Å². The SMILES string of the molecule is Cc1nn(C)c(C)c1S(=O)(=O)N(C)C1CNC1.Cl. The molecule has 0 aliphatic carbocycles. The summed E-state index contributed by atoms with van der Waals surface area (Å²) >= 11 is 0. The second-order valence-corrected chi connectivity index (χ2v) is 6.39. The molecule has 0 spiro atoms. The Kier molecular flexibility index (Phi) is 4.42. The van der Waals surface area contributed by atoms with Gasteiger partial charge in [0.05, 0.1) is 11.4 Å². The van der Waals surface area contributed by atoms with E-state index in [1.165, 1.54) is 4.31 Å². The van der Waals surface area contributed by atoms with Crippen molar-refractivity contribution >= 4 is 22.4 Å². The van der Waals surface area contributed by atoms with Gasteiger partial charge in [-0.25, -0.2) is 8.42 Å². The number of nitrogens with one attached hydrogen (secondary N) is 1. The summed E-state index contributed by atoms with van der Waals surface area (Å²) in [4.78, 5) is 0.342. The molecule has 0 atom stereocenters. The zero-order valence-electron chi connectivity index (χ0n) is 11.0. The van der Waals surface area contributed by atoms with Crippen LogP contribution in [-0.4, -0.2) is 48.7 Å². The summed E-state index contributed by atoms with van der Waals surface area (Å²) in [6.07, 6.45) is 0. The highest BCUT2D eigenvalue weighted by Gasteiger charge is 2.34. The Bertz CT molecular complexity index is 536. The van der Waals surface area contributed by atoms with Crippen molar-refractivity contribution in [3.8, 4) is 0 Å². The van der Waals surface area contributed by atoms with Crippen molar-refractivity contribution in [1.82, 2.24) is 19.4 Å². The quantitative estimate of drug-likeness (QED) is 0.855. The molecule has 1 N–H and O–H groups in total. The highest BCUT2D eigenvalue weighted by molar-refractivity contribution is 7.89. The first-order chi connectivity index (χ1) is 7.85. The minimum Gasteiger partial charge on any atom is -0.313 e. The minimum absolute atomic E-state index is 0. The van der Waals surface area contributed by atoms with Crippen molar-refractivity contribution in [3.63, 3.8) is 0 Å². The van der Waals surface area contributed by atoms with Gasteiger partial charge in [0.1, 0.15) is 4.90 Å². The molecule has 2 heterocycles. The maximum atomic E-state index is 12.5. The maximum absolute atomic E-state index is 12.5. The van der Waals surface area contributed by atoms with Gasteiger partial charge >= 0.3 is 0 Å². The molecule has 0 radical (unpaired) electrons. The zero-order valence-corrected chi connectivity index (χ0v) is 12.6. The summed E-state index contributed by atoms with van der Waals surface area (Å²) in [5.74, 6) is 0. The van der Waals surface area contributed by atoms with Crippen LogP contribution in [-0.2, 0) is 17.1 Å². The lowest BCUT2D eigenvalue weighted by molar-refractivity contribution is 0.274. The average molecular weight is 295 g/mol. The molecule has 104 valence electrons. The van der Waals surface area contributed by atoms with Crippen molar-refractivity contribution in [3.05, 3.63) is 11.4 Å². The van der Waals surface area contributed by atoms with E-state index in [1.54, 1.807) is 32.6 Å². The summed E-state index contributed by atoms with van der Waals surface area (Å²) in [6, 6.07) is 0.0546. The van der Waals surface area contributed by atoms with Gasteiger partial charge in [-0.05, 0) is 13.8 Å².